The molecule has 0 bridgehead atoms. The molecule has 0 aliphatic rings. The zero-order valence-electron chi connectivity index (χ0n) is 10.8. The number of nitrogens with one attached hydrogen (secondary N) is 1. The number of rotatable bonds is 7. The summed E-state index contributed by atoms with van der Waals surface area (Å²) < 4.78 is 26.3. The van der Waals surface area contributed by atoms with Crippen LogP contribution >= 0.6 is 0 Å². The topological polar surface area (TPSA) is 88.3 Å². The van der Waals surface area contributed by atoms with Gasteiger partial charge in [0.25, 0.3) is 0 Å². The van der Waals surface area contributed by atoms with Crippen LogP contribution in [0.25, 0.3) is 0 Å². The number of likely N-dealkylation sites (N-methyl/N-ethyl adjacent to an activating group) is 1. The molecule has 0 radical (unpaired) electrons. The van der Waals surface area contributed by atoms with E-state index >= 15 is 0 Å². The third-order valence-corrected chi connectivity index (χ3v) is 4.09. The molecular weight excluding hydrogens is 252 g/mol. The third kappa shape index (κ3) is 4.34. The van der Waals surface area contributed by atoms with Gasteiger partial charge in [-0.15, -0.1) is 0 Å². The maximum Gasteiger partial charge on any atom is 0.242 e. The minimum atomic E-state index is -3.47. The first-order valence-corrected chi connectivity index (χ1v) is 7.31. The SMILES string of the molecule is CCN(C)CCNS(=O)(=O)c1ccc(CN)nc1. The molecule has 0 spiro atoms. The van der Waals surface area contributed by atoms with E-state index in [0.717, 1.165) is 6.54 Å². The molecule has 0 saturated heterocycles. The fourth-order valence-corrected chi connectivity index (χ4v) is 2.27. The van der Waals surface area contributed by atoms with Gasteiger partial charge in [0.15, 0.2) is 0 Å². The van der Waals surface area contributed by atoms with Crippen molar-refractivity contribution in [2.45, 2.75) is 18.4 Å². The van der Waals surface area contributed by atoms with Crippen molar-refractivity contribution < 1.29 is 8.42 Å². The lowest BCUT2D eigenvalue weighted by Crippen LogP contribution is -2.33. The molecule has 0 amide bonds. The van der Waals surface area contributed by atoms with Crippen LogP contribution in [0.5, 0.6) is 0 Å². The van der Waals surface area contributed by atoms with E-state index in [0.29, 0.717) is 25.3 Å². The fourth-order valence-electron chi connectivity index (χ4n) is 1.30. The van der Waals surface area contributed by atoms with Gasteiger partial charge in [-0.25, -0.2) is 13.1 Å². The lowest BCUT2D eigenvalue weighted by molar-refractivity contribution is 0.358. The lowest BCUT2D eigenvalue weighted by atomic mass is 10.4. The molecule has 0 aliphatic heterocycles. The van der Waals surface area contributed by atoms with Crippen LogP contribution in [0.3, 0.4) is 0 Å². The molecule has 6 nitrogen and oxygen atoms in total. The highest BCUT2D eigenvalue weighted by atomic mass is 32.2. The van der Waals surface area contributed by atoms with Crippen molar-refractivity contribution in [3.05, 3.63) is 24.0 Å². The molecule has 0 unspecified atom stereocenters. The quantitative estimate of drug-likeness (QED) is 0.716. The summed E-state index contributed by atoms with van der Waals surface area (Å²) in [7, 11) is -1.53. The van der Waals surface area contributed by atoms with Crippen LogP contribution in [0.4, 0.5) is 0 Å². The van der Waals surface area contributed by atoms with Gasteiger partial charge in [-0.2, -0.15) is 0 Å². The van der Waals surface area contributed by atoms with Gasteiger partial charge in [-0.05, 0) is 25.7 Å². The number of hydrogen-bond acceptors (Lipinski definition) is 5. The maximum atomic E-state index is 11.9. The number of nitrogens with zero attached hydrogens (tertiary/aromatic N) is 2. The number of sulfonamides is 1. The Morgan fingerprint density at radius 3 is 2.67 bits per heavy atom. The second-order valence-electron chi connectivity index (χ2n) is 3.98. The Morgan fingerprint density at radius 1 is 1.44 bits per heavy atom. The Labute approximate surface area is 108 Å². The fraction of sp³-hybridized carbons (Fsp3) is 0.545. The van der Waals surface area contributed by atoms with E-state index in [1.54, 1.807) is 6.07 Å². The Kier molecular flexibility index (Phi) is 5.67. The van der Waals surface area contributed by atoms with E-state index < -0.39 is 10.0 Å². The van der Waals surface area contributed by atoms with Crippen molar-refractivity contribution in [2.75, 3.05) is 26.7 Å². The Hall–Kier alpha value is -1.02. The summed E-state index contributed by atoms with van der Waals surface area (Å²) in [6.07, 6.45) is 1.33. The normalized spacial score (nSPS) is 12.0. The predicted molar refractivity (Wildman–Crippen MR) is 70.5 cm³/mol. The number of hydrogen-bond donors (Lipinski definition) is 2. The Morgan fingerprint density at radius 2 is 2.17 bits per heavy atom. The van der Waals surface area contributed by atoms with Crippen molar-refractivity contribution in [1.29, 1.82) is 0 Å². The van der Waals surface area contributed by atoms with E-state index in [2.05, 4.69) is 9.71 Å². The maximum absolute atomic E-state index is 11.9. The average Bonchev–Trinajstić information content (AvgIpc) is 2.38. The minimum absolute atomic E-state index is 0.166. The van der Waals surface area contributed by atoms with E-state index in [4.69, 9.17) is 5.73 Å². The lowest BCUT2D eigenvalue weighted by Gasteiger charge is -2.14. The molecule has 18 heavy (non-hydrogen) atoms. The van der Waals surface area contributed by atoms with Crippen LogP contribution in [-0.4, -0.2) is 45.0 Å². The first-order valence-electron chi connectivity index (χ1n) is 5.82. The highest BCUT2D eigenvalue weighted by Gasteiger charge is 2.13. The van der Waals surface area contributed by atoms with Crippen molar-refractivity contribution in [3.63, 3.8) is 0 Å². The molecule has 0 saturated carbocycles. The molecule has 7 heteroatoms. The smallest absolute Gasteiger partial charge is 0.242 e. The minimum Gasteiger partial charge on any atom is -0.325 e. The van der Waals surface area contributed by atoms with Gasteiger partial charge in [-0.1, -0.05) is 6.92 Å². The number of aromatic nitrogens is 1. The molecule has 102 valence electrons. The molecule has 1 heterocycles. The third-order valence-electron chi connectivity index (χ3n) is 2.64. The zero-order valence-corrected chi connectivity index (χ0v) is 11.6. The van der Waals surface area contributed by atoms with Gasteiger partial charge >= 0.3 is 0 Å². The molecule has 0 aliphatic carbocycles. The van der Waals surface area contributed by atoms with Crippen LogP contribution in [-0.2, 0) is 16.6 Å². The van der Waals surface area contributed by atoms with Crippen molar-refractivity contribution in [1.82, 2.24) is 14.6 Å². The Bertz CT molecular complexity index is 458. The molecule has 0 atom stereocenters. The monoisotopic (exact) mass is 272 g/mol. The summed E-state index contributed by atoms with van der Waals surface area (Å²) in [5.74, 6) is 0. The standard InChI is InChI=1S/C11H20N4O2S/c1-3-15(2)7-6-14-18(16,17)11-5-4-10(8-12)13-9-11/h4-5,9,14H,3,6-8,12H2,1-2H3. The molecular formula is C11H20N4O2S. The van der Waals surface area contributed by atoms with Crippen LogP contribution in [0.2, 0.25) is 0 Å². The van der Waals surface area contributed by atoms with Crippen LogP contribution < -0.4 is 10.5 Å². The molecule has 1 aromatic heterocycles. The first-order chi connectivity index (χ1) is 8.49. The summed E-state index contributed by atoms with van der Waals surface area (Å²) in [4.78, 5) is 6.16. The van der Waals surface area contributed by atoms with Gasteiger partial charge in [-0.3, -0.25) is 4.98 Å². The van der Waals surface area contributed by atoms with E-state index in [-0.39, 0.29) is 4.90 Å². The predicted octanol–water partition coefficient (Wildman–Crippen LogP) is -0.230. The summed E-state index contributed by atoms with van der Waals surface area (Å²) >= 11 is 0. The molecule has 0 aromatic carbocycles. The van der Waals surface area contributed by atoms with Crippen LogP contribution in [0.1, 0.15) is 12.6 Å². The van der Waals surface area contributed by atoms with Crippen LogP contribution in [0.15, 0.2) is 23.2 Å². The highest BCUT2D eigenvalue weighted by Crippen LogP contribution is 2.07. The molecule has 0 fully saturated rings. The van der Waals surface area contributed by atoms with Crippen molar-refractivity contribution in [2.24, 2.45) is 5.73 Å². The number of pyridine rings is 1. The van der Waals surface area contributed by atoms with E-state index in [1.165, 1.54) is 12.3 Å². The summed E-state index contributed by atoms with van der Waals surface area (Å²) in [6, 6.07) is 3.13. The summed E-state index contributed by atoms with van der Waals surface area (Å²) in [5, 5.41) is 0. The summed E-state index contributed by atoms with van der Waals surface area (Å²) in [6.45, 7) is 4.25. The molecule has 1 rings (SSSR count). The van der Waals surface area contributed by atoms with E-state index in [9.17, 15) is 8.42 Å². The number of nitrogens with two attached hydrogens (primary N) is 1. The second-order valence-corrected chi connectivity index (χ2v) is 5.75. The summed E-state index contributed by atoms with van der Waals surface area (Å²) in [5.41, 5.74) is 6.07. The average molecular weight is 272 g/mol. The second kappa shape index (κ2) is 6.79. The van der Waals surface area contributed by atoms with Gasteiger partial charge in [0.05, 0.1) is 5.69 Å². The zero-order chi connectivity index (χ0) is 13.6. The van der Waals surface area contributed by atoms with Crippen molar-refractivity contribution in [3.8, 4) is 0 Å². The van der Waals surface area contributed by atoms with Crippen LogP contribution in [0, 0.1) is 0 Å². The van der Waals surface area contributed by atoms with Gasteiger partial charge < -0.3 is 10.6 Å². The first kappa shape index (κ1) is 15.0. The van der Waals surface area contributed by atoms with Crippen molar-refractivity contribution >= 4 is 10.0 Å². The van der Waals surface area contributed by atoms with Gasteiger partial charge in [0.1, 0.15) is 4.90 Å². The van der Waals surface area contributed by atoms with E-state index in [1.807, 2.05) is 18.9 Å². The molecule has 3 N–H and O–H groups in total. The largest absolute Gasteiger partial charge is 0.325 e. The highest BCUT2D eigenvalue weighted by molar-refractivity contribution is 7.89. The Balaban J connectivity index is 2.62. The van der Waals surface area contributed by atoms with Gasteiger partial charge in [0.2, 0.25) is 10.0 Å². The van der Waals surface area contributed by atoms with Gasteiger partial charge in [0, 0.05) is 25.8 Å². The molecule has 1 aromatic rings.